The highest BCUT2D eigenvalue weighted by atomic mass is 16.5. The van der Waals surface area contributed by atoms with Gasteiger partial charge < -0.3 is 15.4 Å². The van der Waals surface area contributed by atoms with Crippen LogP contribution in [0.3, 0.4) is 0 Å². The first-order chi connectivity index (χ1) is 13.9. The molecule has 0 saturated carbocycles. The SMILES string of the molecule is CNC(=O)C(NC(=O)c1cc(C(C)(C)C)c(OC)c(C(C)(C)C)c1)c1ccccc1. The summed E-state index contributed by atoms with van der Waals surface area (Å²) in [7, 11) is 3.23. The van der Waals surface area contributed by atoms with Gasteiger partial charge >= 0.3 is 0 Å². The van der Waals surface area contributed by atoms with Crippen molar-refractivity contribution in [2.75, 3.05) is 14.2 Å². The number of nitrogens with one attached hydrogen (secondary N) is 2. The molecule has 0 aliphatic heterocycles. The van der Waals surface area contributed by atoms with Crippen LogP contribution in [0.4, 0.5) is 0 Å². The number of hydrogen-bond acceptors (Lipinski definition) is 3. The van der Waals surface area contributed by atoms with Crippen LogP contribution in [0.2, 0.25) is 0 Å². The smallest absolute Gasteiger partial charge is 0.252 e. The van der Waals surface area contributed by atoms with Gasteiger partial charge in [-0.1, -0.05) is 71.9 Å². The fourth-order valence-electron chi connectivity index (χ4n) is 3.40. The second-order valence-electron chi connectivity index (χ2n) is 9.54. The van der Waals surface area contributed by atoms with Crippen LogP contribution >= 0.6 is 0 Å². The molecule has 0 aromatic heterocycles. The number of methoxy groups -OCH3 is 1. The van der Waals surface area contributed by atoms with E-state index in [1.54, 1.807) is 14.2 Å². The lowest BCUT2D eigenvalue weighted by molar-refractivity contribution is -0.122. The molecule has 162 valence electrons. The molecule has 0 radical (unpaired) electrons. The van der Waals surface area contributed by atoms with E-state index < -0.39 is 6.04 Å². The molecule has 0 spiro atoms. The van der Waals surface area contributed by atoms with Crippen LogP contribution in [0.15, 0.2) is 42.5 Å². The van der Waals surface area contributed by atoms with Gasteiger partial charge in [0.1, 0.15) is 11.8 Å². The second kappa shape index (κ2) is 8.90. The van der Waals surface area contributed by atoms with E-state index in [9.17, 15) is 9.59 Å². The molecule has 1 atom stereocenters. The van der Waals surface area contributed by atoms with Gasteiger partial charge in [-0.15, -0.1) is 0 Å². The van der Waals surface area contributed by atoms with Gasteiger partial charge in [-0.3, -0.25) is 9.59 Å². The van der Waals surface area contributed by atoms with Crippen LogP contribution in [0.1, 0.15) is 74.6 Å². The average molecular weight is 411 g/mol. The molecule has 0 bridgehead atoms. The predicted molar refractivity (Wildman–Crippen MR) is 121 cm³/mol. The molecule has 0 saturated heterocycles. The van der Waals surface area contributed by atoms with E-state index in [4.69, 9.17) is 4.74 Å². The average Bonchev–Trinajstić information content (AvgIpc) is 2.69. The molecule has 2 N–H and O–H groups in total. The third-order valence-electron chi connectivity index (χ3n) is 5.09. The molecular formula is C25H34N2O3. The van der Waals surface area contributed by atoms with Gasteiger partial charge in [0.15, 0.2) is 0 Å². The fourth-order valence-corrected chi connectivity index (χ4v) is 3.40. The van der Waals surface area contributed by atoms with E-state index in [1.807, 2.05) is 42.5 Å². The van der Waals surface area contributed by atoms with Crippen LogP contribution in [0, 0.1) is 0 Å². The van der Waals surface area contributed by atoms with Crippen molar-refractivity contribution in [2.24, 2.45) is 0 Å². The molecule has 2 aromatic rings. The van der Waals surface area contributed by atoms with Crippen molar-refractivity contribution in [3.05, 3.63) is 64.7 Å². The standard InChI is InChI=1S/C25H34N2O3/c1-24(2,3)18-14-17(15-19(21(18)30-8)25(4,5)6)22(28)27-20(23(29)26-7)16-12-10-9-11-13-16/h9-15,20H,1-8H3,(H,26,29)(H,27,28). The Hall–Kier alpha value is -2.82. The summed E-state index contributed by atoms with van der Waals surface area (Å²) in [6.45, 7) is 12.6. The first-order valence-electron chi connectivity index (χ1n) is 10.2. The topological polar surface area (TPSA) is 67.4 Å². The van der Waals surface area contributed by atoms with Crippen molar-refractivity contribution < 1.29 is 14.3 Å². The molecule has 2 rings (SSSR count). The van der Waals surface area contributed by atoms with Gasteiger partial charge in [-0.2, -0.15) is 0 Å². The highest BCUT2D eigenvalue weighted by Gasteiger charge is 2.30. The zero-order valence-corrected chi connectivity index (χ0v) is 19.3. The first-order valence-corrected chi connectivity index (χ1v) is 10.2. The quantitative estimate of drug-likeness (QED) is 0.762. The summed E-state index contributed by atoms with van der Waals surface area (Å²) in [6, 6.07) is 12.2. The molecule has 0 aliphatic carbocycles. The van der Waals surface area contributed by atoms with Crippen LogP contribution in [-0.2, 0) is 15.6 Å². The molecule has 5 nitrogen and oxygen atoms in total. The van der Waals surface area contributed by atoms with Gasteiger partial charge in [0.2, 0.25) is 5.91 Å². The molecular weight excluding hydrogens is 376 g/mol. The van der Waals surface area contributed by atoms with Crippen molar-refractivity contribution >= 4 is 11.8 Å². The van der Waals surface area contributed by atoms with E-state index >= 15 is 0 Å². The molecule has 2 aromatic carbocycles. The molecule has 0 heterocycles. The summed E-state index contributed by atoms with van der Waals surface area (Å²) in [6.07, 6.45) is 0. The number of rotatable bonds is 5. The Bertz CT molecular complexity index is 871. The van der Waals surface area contributed by atoms with Crippen molar-refractivity contribution in [1.82, 2.24) is 10.6 Å². The Morgan fingerprint density at radius 1 is 0.900 bits per heavy atom. The van der Waals surface area contributed by atoms with Gasteiger partial charge in [0.25, 0.3) is 5.91 Å². The minimum Gasteiger partial charge on any atom is -0.496 e. The Kier molecular flexibility index (Phi) is 6.96. The molecule has 5 heteroatoms. The zero-order valence-electron chi connectivity index (χ0n) is 19.3. The molecule has 0 fully saturated rings. The number of benzene rings is 2. The van der Waals surface area contributed by atoms with Crippen molar-refractivity contribution in [3.8, 4) is 5.75 Å². The number of hydrogen-bond donors (Lipinski definition) is 2. The van der Waals surface area contributed by atoms with Crippen molar-refractivity contribution in [2.45, 2.75) is 58.4 Å². The predicted octanol–water partition coefficient (Wildman–Crippen LogP) is 4.51. The number of amides is 2. The van der Waals surface area contributed by atoms with Gasteiger partial charge in [-0.25, -0.2) is 0 Å². The molecule has 30 heavy (non-hydrogen) atoms. The highest BCUT2D eigenvalue weighted by molar-refractivity contribution is 5.98. The summed E-state index contributed by atoms with van der Waals surface area (Å²) in [5, 5.41) is 5.54. The maximum Gasteiger partial charge on any atom is 0.252 e. The summed E-state index contributed by atoms with van der Waals surface area (Å²) in [4.78, 5) is 25.8. The van der Waals surface area contributed by atoms with Crippen LogP contribution in [0.25, 0.3) is 0 Å². The van der Waals surface area contributed by atoms with Crippen LogP contribution in [-0.4, -0.2) is 26.0 Å². The monoisotopic (exact) mass is 410 g/mol. The maximum atomic E-state index is 13.3. The van der Waals surface area contributed by atoms with Crippen molar-refractivity contribution in [3.63, 3.8) is 0 Å². The van der Waals surface area contributed by atoms with Gasteiger partial charge in [0, 0.05) is 23.7 Å². The highest BCUT2D eigenvalue weighted by Crippen LogP contribution is 2.40. The Morgan fingerprint density at radius 2 is 1.40 bits per heavy atom. The largest absolute Gasteiger partial charge is 0.496 e. The molecule has 0 aliphatic rings. The van der Waals surface area contributed by atoms with E-state index in [0.717, 1.165) is 22.4 Å². The molecule has 2 amide bonds. The first kappa shape index (κ1) is 23.5. The van der Waals surface area contributed by atoms with Gasteiger partial charge in [0.05, 0.1) is 7.11 Å². The van der Waals surface area contributed by atoms with E-state index in [2.05, 4.69) is 52.2 Å². The Balaban J connectivity index is 2.56. The van der Waals surface area contributed by atoms with E-state index in [-0.39, 0.29) is 22.6 Å². The summed E-state index contributed by atoms with van der Waals surface area (Å²) >= 11 is 0. The number of carbonyl (C=O) groups is 2. The lowest BCUT2D eigenvalue weighted by atomic mass is 9.78. The Morgan fingerprint density at radius 3 is 1.80 bits per heavy atom. The fraction of sp³-hybridized carbons (Fsp3) is 0.440. The van der Waals surface area contributed by atoms with Crippen molar-refractivity contribution in [1.29, 1.82) is 0 Å². The summed E-state index contributed by atoms with van der Waals surface area (Å²) in [5.41, 5.74) is 2.71. The van der Waals surface area contributed by atoms with E-state index in [0.29, 0.717) is 5.56 Å². The second-order valence-corrected chi connectivity index (χ2v) is 9.54. The summed E-state index contributed by atoms with van der Waals surface area (Å²) in [5.74, 6) is 0.235. The van der Waals surface area contributed by atoms with Crippen LogP contribution < -0.4 is 15.4 Å². The minimum absolute atomic E-state index is 0.221. The minimum atomic E-state index is -0.776. The lowest BCUT2D eigenvalue weighted by Gasteiger charge is -2.30. The lowest BCUT2D eigenvalue weighted by Crippen LogP contribution is -2.39. The summed E-state index contributed by atoms with van der Waals surface area (Å²) < 4.78 is 5.77. The van der Waals surface area contributed by atoms with Gasteiger partial charge in [-0.05, 0) is 28.5 Å². The maximum absolute atomic E-state index is 13.3. The third kappa shape index (κ3) is 5.21. The number of likely N-dealkylation sites (N-methyl/N-ethyl adjacent to an activating group) is 1. The zero-order chi connectivity index (χ0) is 22.7. The Labute approximate surface area is 180 Å². The van der Waals surface area contributed by atoms with E-state index in [1.165, 1.54) is 0 Å². The number of ether oxygens (including phenoxy) is 1. The van der Waals surface area contributed by atoms with Crippen LogP contribution in [0.5, 0.6) is 5.75 Å². The number of carbonyl (C=O) groups excluding carboxylic acids is 2. The molecule has 1 unspecified atom stereocenters. The normalized spacial score (nSPS) is 12.8. The third-order valence-corrected chi connectivity index (χ3v) is 5.09.